The molecule has 3 aliphatic carbocycles. The van der Waals surface area contributed by atoms with Crippen molar-refractivity contribution in [1.29, 1.82) is 0 Å². The van der Waals surface area contributed by atoms with Crippen LogP contribution >= 0.6 is 0 Å². The van der Waals surface area contributed by atoms with Gasteiger partial charge in [-0.15, -0.1) is 0 Å². The van der Waals surface area contributed by atoms with Gasteiger partial charge in [0.2, 0.25) is 0 Å². The van der Waals surface area contributed by atoms with Crippen LogP contribution < -0.4 is 0 Å². The number of fused-ring (bicyclic) bond motifs is 2. The number of carbonyl (C=O) groups is 1. The molecule has 0 radical (unpaired) electrons. The summed E-state index contributed by atoms with van der Waals surface area (Å²) in [4.78, 5) is 16.4. The van der Waals surface area contributed by atoms with E-state index in [0.29, 0.717) is 23.2 Å². The highest BCUT2D eigenvalue weighted by atomic mass is 16.5. The van der Waals surface area contributed by atoms with Gasteiger partial charge in [-0.05, 0) is 60.6 Å². The molecule has 0 amide bonds. The quantitative estimate of drug-likeness (QED) is 0.794. The zero-order valence-corrected chi connectivity index (χ0v) is 13.4. The lowest BCUT2D eigenvalue weighted by atomic mass is 9.45. The molecule has 0 N–H and O–H groups in total. The van der Waals surface area contributed by atoms with Crippen LogP contribution in [0.15, 0.2) is 24.5 Å². The van der Waals surface area contributed by atoms with E-state index in [0.717, 1.165) is 12.0 Å². The van der Waals surface area contributed by atoms with Crippen molar-refractivity contribution in [1.82, 2.24) is 4.98 Å². The second-order valence-electron chi connectivity index (χ2n) is 7.43. The molecule has 3 fully saturated rings. The number of nitrogens with zero attached hydrogens (tertiary/aromatic N) is 1. The van der Waals surface area contributed by atoms with E-state index in [1.54, 1.807) is 12.4 Å². The third-order valence-electron chi connectivity index (χ3n) is 6.11. The summed E-state index contributed by atoms with van der Waals surface area (Å²) in [5.74, 6) is 1.57. The van der Waals surface area contributed by atoms with Crippen LogP contribution in [-0.4, -0.2) is 17.1 Å². The average Bonchev–Trinajstić information content (AvgIpc) is 2.48. The van der Waals surface area contributed by atoms with Gasteiger partial charge in [-0.2, -0.15) is 0 Å². The molecule has 0 aliphatic heterocycles. The molecule has 2 bridgehead atoms. The first kappa shape index (κ1) is 14.6. The minimum atomic E-state index is -0.216. The zero-order chi connectivity index (χ0) is 15.2. The highest BCUT2D eigenvalue weighted by Gasteiger charge is 2.57. The van der Waals surface area contributed by atoms with Crippen molar-refractivity contribution in [3.05, 3.63) is 30.1 Å². The first-order valence-electron chi connectivity index (χ1n) is 8.01. The number of aromatic nitrogens is 1. The Hall–Kier alpha value is -1.38. The standard InChI is InChI=1S/C18H25NO2/c1-11(13-5-7-19-8-6-13)17(20)21-16-10-14-9-15(12(16)2)18(14,3)4/h5-8,11-12,14-16H,9-10H2,1-4H3/t11-,12-,14+,15-,16-/m0/s1. The van der Waals surface area contributed by atoms with Crippen LogP contribution in [-0.2, 0) is 9.53 Å². The molecule has 4 rings (SSSR count). The van der Waals surface area contributed by atoms with Crippen molar-refractivity contribution >= 4 is 5.97 Å². The molecule has 21 heavy (non-hydrogen) atoms. The minimum Gasteiger partial charge on any atom is -0.462 e. The van der Waals surface area contributed by atoms with Gasteiger partial charge in [-0.3, -0.25) is 9.78 Å². The summed E-state index contributed by atoms with van der Waals surface area (Å²) in [6.45, 7) is 8.88. The minimum absolute atomic E-state index is 0.0959. The second kappa shape index (κ2) is 5.11. The lowest BCUT2D eigenvalue weighted by Gasteiger charge is -2.61. The van der Waals surface area contributed by atoms with Crippen molar-refractivity contribution in [2.45, 2.75) is 52.6 Å². The fraction of sp³-hybridized carbons (Fsp3) is 0.667. The smallest absolute Gasteiger partial charge is 0.313 e. The first-order valence-corrected chi connectivity index (χ1v) is 8.01. The van der Waals surface area contributed by atoms with Crippen molar-refractivity contribution in [2.75, 3.05) is 0 Å². The fourth-order valence-electron chi connectivity index (χ4n) is 4.30. The molecule has 0 aromatic carbocycles. The van der Waals surface area contributed by atoms with Gasteiger partial charge in [-0.25, -0.2) is 0 Å². The highest BCUT2D eigenvalue weighted by Crippen LogP contribution is 2.61. The first-order chi connectivity index (χ1) is 9.91. The van der Waals surface area contributed by atoms with Crippen molar-refractivity contribution in [3.8, 4) is 0 Å². The lowest BCUT2D eigenvalue weighted by molar-refractivity contribution is -0.187. The molecule has 1 heterocycles. The average molecular weight is 287 g/mol. The molecule has 1 aromatic heterocycles. The molecule has 3 nitrogen and oxygen atoms in total. The van der Waals surface area contributed by atoms with Gasteiger partial charge in [0.1, 0.15) is 6.10 Å². The van der Waals surface area contributed by atoms with Crippen molar-refractivity contribution < 1.29 is 9.53 Å². The third kappa shape index (κ3) is 2.37. The number of ether oxygens (including phenoxy) is 1. The predicted molar refractivity (Wildman–Crippen MR) is 81.7 cm³/mol. The molecular formula is C18H25NO2. The van der Waals surface area contributed by atoms with E-state index >= 15 is 0 Å². The van der Waals surface area contributed by atoms with E-state index in [9.17, 15) is 4.79 Å². The number of hydrogen-bond donors (Lipinski definition) is 0. The Morgan fingerprint density at radius 1 is 1.33 bits per heavy atom. The number of pyridine rings is 1. The van der Waals surface area contributed by atoms with Crippen molar-refractivity contribution in [3.63, 3.8) is 0 Å². The maximum atomic E-state index is 12.4. The highest BCUT2D eigenvalue weighted by molar-refractivity contribution is 5.77. The monoisotopic (exact) mass is 287 g/mol. The maximum absolute atomic E-state index is 12.4. The molecule has 3 heteroatoms. The molecule has 5 atom stereocenters. The van der Waals surface area contributed by atoms with Gasteiger partial charge in [0.05, 0.1) is 5.92 Å². The van der Waals surface area contributed by atoms with Gasteiger partial charge < -0.3 is 4.74 Å². The SMILES string of the molecule is C[C@@H]1[C@@H](OC(=O)[C@@H](C)c2ccncc2)C[C@H]2C[C@@H]1C2(C)C. The summed E-state index contributed by atoms with van der Waals surface area (Å²) >= 11 is 0. The Labute approximate surface area is 127 Å². The summed E-state index contributed by atoms with van der Waals surface area (Å²) in [5, 5.41) is 0. The van der Waals surface area contributed by atoms with Gasteiger partial charge in [0.25, 0.3) is 0 Å². The predicted octanol–water partition coefficient (Wildman–Crippen LogP) is 3.80. The number of carbonyl (C=O) groups excluding carboxylic acids is 1. The van der Waals surface area contributed by atoms with E-state index < -0.39 is 0 Å². The van der Waals surface area contributed by atoms with E-state index in [4.69, 9.17) is 4.74 Å². The largest absolute Gasteiger partial charge is 0.462 e. The third-order valence-corrected chi connectivity index (χ3v) is 6.11. The molecule has 0 saturated heterocycles. The van der Waals surface area contributed by atoms with Crippen LogP contribution in [0.1, 0.15) is 52.0 Å². The Balaban J connectivity index is 1.64. The maximum Gasteiger partial charge on any atom is 0.313 e. The Bertz CT molecular complexity index is 525. The number of esters is 1. The van der Waals surface area contributed by atoms with Crippen LogP contribution in [0.5, 0.6) is 0 Å². The summed E-state index contributed by atoms with van der Waals surface area (Å²) in [7, 11) is 0. The zero-order valence-electron chi connectivity index (χ0n) is 13.4. The number of rotatable bonds is 3. The van der Waals surface area contributed by atoms with E-state index in [-0.39, 0.29) is 18.0 Å². The molecule has 114 valence electrons. The summed E-state index contributed by atoms with van der Waals surface area (Å²) in [5.41, 5.74) is 1.41. The van der Waals surface area contributed by atoms with E-state index in [1.165, 1.54) is 6.42 Å². The molecule has 3 aliphatic rings. The lowest BCUT2D eigenvalue weighted by Crippen LogP contribution is -2.57. The Kier molecular flexibility index (Phi) is 3.54. The molecule has 3 saturated carbocycles. The molecule has 1 aromatic rings. The topological polar surface area (TPSA) is 39.2 Å². The Morgan fingerprint density at radius 2 is 2.00 bits per heavy atom. The van der Waals surface area contributed by atoms with Crippen LogP contribution in [0.2, 0.25) is 0 Å². The van der Waals surface area contributed by atoms with Crippen LogP contribution in [0.25, 0.3) is 0 Å². The van der Waals surface area contributed by atoms with Crippen molar-refractivity contribution in [2.24, 2.45) is 23.2 Å². The summed E-state index contributed by atoms with van der Waals surface area (Å²) < 4.78 is 5.85. The Morgan fingerprint density at radius 3 is 2.57 bits per heavy atom. The van der Waals surface area contributed by atoms with E-state index in [2.05, 4.69) is 25.8 Å². The molecule has 0 unspecified atom stereocenters. The van der Waals surface area contributed by atoms with E-state index in [1.807, 2.05) is 19.1 Å². The van der Waals surface area contributed by atoms with Gasteiger partial charge in [0.15, 0.2) is 0 Å². The fourth-order valence-corrected chi connectivity index (χ4v) is 4.30. The summed E-state index contributed by atoms with van der Waals surface area (Å²) in [6.07, 6.45) is 5.88. The second-order valence-corrected chi connectivity index (χ2v) is 7.43. The van der Waals surface area contributed by atoms with Gasteiger partial charge in [-0.1, -0.05) is 20.8 Å². The summed E-state index contributed by atoms with van der Waals surface area (Å²) in [6, 6.07) is 3.77. The van der Waals surface area contributed by atoms with Gasteiger partial charge >= 0.3 is 5.97 Å². The molecule has 0 spiro atoms. The van der Waals surface area contributed by atoms with Crippen LogP contribution in [0.4, 0.5) is 0 Å². The van der Waals surface area contributed by atoms with Crippen LogP contribution in [0.3, 0.4) is 0 Å². The number of hydrogen-bond acceptors (Lipinski definition) is 3. The van der Waals surface area contributed by atoms with Gasteiger partial charge in [0, 0.05) is 12.4 Å². The normalized spacial score (nSPS) is 34.7. The van der Waals surface area contributed by atoms with Crippen LogP contribution in [0, 0.1) is 23.2 Å². The molecular weight excluding hydrogens is 262 g/mol.